The highest BCUT2D eigenvalue weighted by Gasteiger charge is 2.51. The molecule has 1 aromatic heterocycles. The van der Waals surface area contributed by atoms with E-state index in [2.05, 4.69) is 10.4 Å². The van der Waals surface area contributed by atoms with Gasteiger partial charge in [0.25, 0.3) is 0 Å². The van der Waals surface area contributed by atoms with Crippen LogP contribution in [0.5, 0.6) is 0 Å². The number of nitrogens with one attached hydrogen (secondary N) is 1. The molecule has 122 valence electrons. The molecular weight excluding hydrogens is 310 g/mol. The van der Waals surface area contributed by atoms with E-state index in [1.807, 2.05) is 0 Å². The van der Waals surface area contributed by atoms with Gasteiger partial charge in [0, 0.05) is 25.5 Å². The van der Waals surface area contributed by atoms with Gasteiger partial charge in [0.15, 0.2) is 6.29 Å². The number of ether oxygens (including phenoxy) is 3. The lowest BCUT2D eigenvalue weighted by atomic mass is 9.94. The highest BCUT2D eigenvalue weighted by molar-refractivity contribution is 6.30. The fourth-order valence-electron chi connectivity index (χ4n) is 3.50. The van der Waals surface area contributed by atoms with Crippen molar-refractivity contribution in [3.8, 4) is 0 Å². The van der Waals surface area contributed by atoms with Gasteiger partial charge in [-0.2, -0.15) is 5.10 Å². The normalized spacial score (nSPS) is 39.3. The molecule has 3 aliphatic heterocycles. The zero-order valence-corrected chi connectivity index (χ0v) is 12.9. The van der Waals surface area contributed by atoms with Crippen LogP contribution in [-0.4, -0.2) is 65.3 Å². The van der Waals surface area contributed by atoms with Crippen LogP contribution in [0.25, 0.3) is 0 Å². The Bertz CT molecular complexity index is 522. The molecule has 7 nitrogen and oxygen atoms in total. The van der Waals surface area contributed by atoms with Crippen LogP contribution >= 0.6 is 11.6 Å². The SMILES string of the molecule is O[C@H]1[C@H](NC2CCOCC2)[C@H]2CO[C@H](O2)[C@@H]1n1cc(Cl)cn1. The molecular formula is C14H20ClN3O4. The van der Waals surface area contributed by atoms with Crippen molar-refractivity contribution in [1.29, 1.82) is 0 Å². The second kappa shape index (κ2) is 6.07. The Labute approximate surface area is 133 Å². The number of aromatic nitrogens is 2. The number of fused-ring (bicyclic) bond motifs is 2. The summed E-state index contributed by atoms with van der Waals surface area (Å²) >= 11 is 5.94. The van der Waals surface area contributed by atoms with Crippen molar-refractivity contribution in [2.45, 2.75) is 49.5 Å². The van der Waals surface area contributed by atoms with E-state index in [1.54, 1.807) is 17.1 Å². The third-order valence-corrected chi connectivity index (χ3v) is 4.85. The largest absolute Gasteiger partial charge is 0.389 e. The van der Waals surface area contributed by atoms with Crippen molar-refractivity contribution in [2.24, 2.45) is 0 Å². The van der Waals surface area contributed by atoms with Gasteiger partial charge < -0.3 is 24.6 Å². The van der Waals surface area contributed by atoms with Crippen LogP contribution in [0, 0.1) is 0 Å². The summed E-state index contributed by atoms with van der Waals surface area (Å²) in [4.78, 5) is 0. The highest BCUT2D eigenvalue weighted by Crippen LogP contribution is 2.36. The average molecular weight is 330 g/mol. The minimum Gasteiger partial charge on any atom is -0.389 e. The van der Waals surface area contributed by atoms with Gasteiger partial charge in [0.05, 0.1) is 30.0 Å². The van der Waals surface area contributed by atoms with Gasteiger partial charge in [0.1, 0.15) is 12.1 Å². The van der Waals surface area contributed by atoms with Gasteiger partial charge in [-0.15, -0.1) is 0 Å². The van der Waals surface area contributed by atoms with Gasteiger partial charge in [-0.05, 0) is 12.8 Å². The first-order valence-electron chi connectivity index (χ1n) is 7.71. The molecule has 0 amide bonds. The molecule has 5 atom stereocenters. The summed E-state index contributed by atoms with van der Waals surface area (Å²) in [5.74, 6) is 0. The van der Waals surface area contributed by atoms with E-state index in [9.17, 15) is 5.11 Å². The molecule has 0 radical (unpaired) electrons. The van der Waals surface area contributed by atoms with Gasteiger partial charge in [-0.25, -0.2) is 0 Å². The summed E-state index contributed by atoms with van der Waals surface area (Å²) in [6.45, 7) is 1.99. The van der Waals surface area contributed by atoms with Crippen LogP contribution in [0.4, 0.5) is 0 Å². The Morgan fingerprint density at radius 3 is 2.91 bits per heavy atom. The van der Waals surface area contributed by atoms with Crippen molar-refractivity contribution in [3.63, 3.8) is 0 Å². The number of nitrogens with zero attached hydrogens (tertiary/aromatic N) is 2. The third kappa shape index (κ3) is 2.66. The van der Waals surface area contributed by atoms with E-state index >= 15 is 0 Å². The van der Waals surface area contributed by atoms with Crippen molar-refractivity contribution < 1.29 is 19.3 Å². The number of hydrogen-bond acceptors (Lipinski definition) is 6. The van der Waals surface area contributed by atoms with E-state index in [4.69, 9.17) is 25.8 Å². The summed E-state index contributed by atoms with van der Waals surface area (Å²) in [5.41, 5.74) is 0. The molecule has 8 heteroatoms. The molecule has 22 heavy (non-hydrogen) atoms. The zero-order valence-electron chi connectivity index (χ0n) is 12.1. The molecule has 4 heterocycles. The van der Waals surface area contributed by atoms with Gasteiger partial charge in [0.2, 0.25) is 0 Å². The molecule has 3 aliphatic rings. The Kier molecular flexibility index (Phi) is 4.10. The number of hydrogen-bond donors (Lipinski definition) is 2. The van der Waals surface area contributed by atoms with Crippen LogP contribution in [0.3, 0.4) is 0 Å². The second-order valence-corrected chi connectivity index (χ2v) is 6.51. The third-order valence-electron chi connectivity index (χ3n) is 4.66. The van der Waals surface area contributed by atoms with Crippen molar-refractivity contribution in [2.75, 3.05) is 19.8 Å². The fraction of sp³-hybridized carbons (Fsp3) is 0.786. The molecule has 0 aromatic carbocycles. The first-order chi connectivity index (χ1) is 10.7. The van der Waals surface area contributed by atoms with Crippen molar-refractivity contribution >= 4 is 11.6 Å². The van der Waals surface area contributed by atoms with Crippen molar-refractivity contribution in [3.05, 3.63) is 17.4 Å². The maximum absolute atomic E-state index is 10.8. The maximum atomic E-state index is 10.8. The topological polar surface area (TPSA) is 77.8 Å². The first kappa shape index (κ1) is 14.9. The molecule has 2 bridgehead atoms. The Hall–Kier alpha value is -0.700. The zero-order chi connectivity index (χ0) is 15.1. The first-order valence-corrected chi connectivity index (χ1v) is 8.09. The van der Waals surface area contributed by atoms with Crippen LogP contribution < -0.4 is 5.32 Å². The Balaban J connectivity index is 1.53. The molecule has 3 fully saturated rings. The van der Waals surface area contributed by atoms with E-state index in [0.717, 1.165) is 26.1 Å². The van der Waals surface area contributed by atoms with Crippen LogP contribution in [0.15, 0.2) is 12.4 Å². The summed E-state index contributed by atoms with van der Waals surface area (Å²) in [5, 5.41) is 19.1. The molecule has 4 rings (SSSR count). The summed E-state index contributed by atoms with van der Waals surface area (Å²) in [6, 6.07) is -0.255. The van der Waals surface area contributed by atoms with Gasteiger partial charge >= 0.3 is 0 Å². The molecule has 0 unspecified atom stereocenters. The lowest BCUT2D eigenvalue weighted by Crippen LogP contribution is -2.60. The highest BCUT2D eigenvalue weighted by atomic mass is 35.5. The summed E-state index contributed by atoms with van der Waals surface area (Å²) in [7, 11) is 0. The minimum absolute atomic E-state index is 0.134. The van der Waals surface area contributed by atoms with Gasteiger partial charge in [-0.3, -0.25) is 4.68 Å². The van der Waals surface area contributed by atoms with Gasteiger partial charge in [-0.1, -0.05) is 11.6 Å². The lowest BCUT2D eigenvalue weighted by molar-refractivity contribution is -0.169. The number of halogens is 1. The standard InChI is InChI=1S/C14H20ClN3O4/c15-8-5-16-18(6-8)12-13(19)11(10-7-21-14(12)22-10)17-9-1-3-20-4-2-9/h5-6,9-14,17,19H,1-4,7H2/t10-,11-,12-,13+,14-/m1/s1. The maximum Gasteiger partial charge on any atom is 0.183 e. The monoisotopic (exact) mass is 329 g/mol. The molecule has 1 aromatic rings. The molecule has 2 N–H and O–H groups in total. The smallest absolute Gasteiger partial charge is 0.183 e. The molecule has 3 saturated heterocycles. The van der Waals surface area contributed by atoms with E-state index in [1.165, 1.54) is 0 Å². The quantitative estimate of drug-likeness (QED) is 0.832. The summed E-state index contributed by atoms with van der Waals surface area (Å²) in [6.07, 6.45) is 3.86. The molecule has 0 saturated carbocycles. The number of aliphatic hydroxyl groups excluding tert-OH is 1. The predicted octanol–water partition coefficient (Wildman–Crippen LogP) is 0.331. The van der Waals surface area contributed by atoms with E-state index in [0.29, 0.717) is 17.7 Å². The fourth-order valence-corrected chi connectivity index (χ4v) is 3.65. The average Bonchev–Trinajstić information content (AvgIpc) is 3.13. The summed E-state index contributed by atoms with van der Waals surface area (Å²) < 4.78 is 18.6. The van der Waals surface area contributed by atoms with Crippen molar-refractivity contribution in [1.82, 2.24) is 15.1 Å². The predicted molar refractivity (Wildman–Crippen MR) is 77.7 cm³/mol. The van der Waals surface area contributed by atoms with Crippen LogP contribution in [0.1, 0.15) is 18.9 Å². The Morgan fingerprint density at radius 1 is 1.36 bits per heavy atom. The second-order valence-electron chi connectivity index (χ2n) is 6.08. The minimum atomic E-state index is -0.648. The number of aliphatic hydroxyl groups is 1. The molecule has 0 aliphatic carbocycles. The van der Waals surface area contributed by atoms with Crippen LogP contribution in [-0.2, 0) is 14.2 Å². The lowest BCUT2D eigenvalue weighted by Gasteiger charge is -2.40. The Morgan fingerprint density at radius 2 is 2.18 bits per heavy atom. The van der Waals surface area contributed by atoms with E-state index < -0.39 is 18.4 Å². The van der Waals surface area contributed by atoms with Crippen LogP contribution in [0.2, 0.25) is 5.02 Å². The number of rotatable bonds is 3. The molecule has 0 spiro atoms. The van der Waals surface area contributed by atoms with E-state index in [-0.39, 0.29) is 12.1 Å².